The molecule has 1 aliphatic rings. The van der Waals surface area contributed by atoms with Gasteiger partial charge in [0.1, 0.15) is 11.5 Å². The van der Waals surface area contributed by atoms with Gasteiger partial charge in [0.25, 0.3) is 5.91 Å². The van der Waals surface area contributed by atoms with Gasteiger partial charge in [-0.2, -0.15) is 0 Å². The quantitative estimate of drug-likeness (QED) is 0.763. The third-order valence-corrected chi connectivity index (χ3v) is 5.05. The molecule has 1 saturated heterocycles. The molecule has 1 amide bonds. The van der Waals surface area contributed by atoms with Gasteiger partial charge in [-0.05, 0) is 18.2 Å². The van der Waals surface area contributed by atoms with Crippen molar-refractivity contribution in [1.29, 1.82) is 0 Å². The summed E-state index contributed by atoms with van der Waals surface area (Å²) in [6.45, 7) is 1.82. The molecule has 9 heteroatoms. The zero-order valence-electron chi connectivity index (χ0n) is 15.3. The molecule has 1 aromatic carbocycles. The van der Waals surface area contributed by atoms with Crippen LogP contribution in [0.5, 0.6) is 5.75 Å². The SMILES string of the molecule is COc1ccccc1C1CNCCN1C(=O)c1ccc(CNS(C)(=O)=O)o1. The van der Waals surface area contributed by atoms with Crippen LogP contribution in [0, 0.1) is 0 Å². The van der Waals surface area contributed by atoms with Crippen LogP contribution in [0.3, 0.4) is 0 Å². The number of carbonyl (C=O) groups excluding carboxylic acids is 1. The molecule has 2 heterocycles. The van der Waals surface area contributed by atoms with Crippen LogP contribution < -0.4 is 14.8 Å². The summed E-state index contributed by atoms with van der Waals surface area (Å²) in [5.41, 5.74) is 0.922. The Balaban J connectivity index is 1.81. The average molecular weight is 393 g/mol. The number of nitrogens with zero attached hydrogens (tertiary/aromatic N) is 1. The summed E-state index contributed by atoms with van der Waals surface area (Å²) in [4.78, 5) is 14.8. The van der Waals surface area contributed by atoms with Crippen LogP contribution in [0.15, 0.2) is 40.8 Å². The first-order valence-electron chi connectivity index (χ1n) is 8.57. The fourth-order valence-corrected chi connectivity index (χ4v) is 3.50. The van der Waals surface area contributed by atoms with E-state index >= 15 is 0 Å². The van der Waals surface area contributed by atoms with Gasteiger partial charge < -0.3 is 19.4 Å². The Morgan fingerprint density at radius 2 is 2.11 bits per heavy atom. The van der Waals surface area contributed by atoms with Gasteiger partial charge in [0.15, 0.2) is 5.76 Å². The number of piperazine rings is 1. The van der Waals surface area contributed by atoms with Crippen LogP contribution in [-0.4, -0.2) is 52.2 Å². The Bertz CT molecular complexity index is 909. The van der Waals surface area contributed by atoms with Gasteiger partial charge in [-0.25, -0.2) is 13.1 Å². The first-order chi connectivity index (χ1) is 12.9. The van der Waals surface area contributed by atoms with Gasteiger partial charge in [0.2, 0.25) is 10.0 Å². The highest BCUT2D eigenvalue weighted by molar-refractivity contribution is 7.88. The maximum absolute atomic E-state index is 13.0. The number of amides is 1. The summed E-state index contributed by atoms with van der Waals surface area (Å²) in [6.07, 6.45) is 1.07. The van der Waals surface area contributed by atoms with E-state index in [0.29, 0.717) is 25.4 Å². The Hall–Kier alpha value is -2.36. The van der Waals surface area contributed by atoms with Crippen molar-refractivity contribution in [2.45, 2.75) is 12.6 Å². The number of hydrogen-bond acceptors (Lipinski definition) is 6. The zero-order valence-corrected chi connectivity index (χ0v) is 16.1. The summed E-state index contributed by atoms with van der Waals surface area (Å²) in [7, 11) is -1.73. The van der Waals surface area contributed by atoms with Gasteiger partial charge in [-0.15, -0.1) is 0 Å². The smallest absolute Gasteiger partial charge is 0.290 e. The molecule has 1 aromatic heterocycles. The molecular weight excluding hydrogens is 370 g/mol. The molecule has 0 aliphatic carbocycles. The summed E-state index contributed by atoms with van der Waals surface area (Å²) < 4.78 is 35.8. The minimum Gasteiger partial charge on any atom is -0.496 e. The molecule has 0 bridgehead atoms. The second-order valence-electron chi connectivity index (χ2n) is 6.32. The third kappa shape index (κ3) is 4.68. The average Bonchev–Trinajstić information content (AvgIpc) is 3.14. The largest absolute Gasteiger partial charge is 0.496 e. The van der Waals surface area contributed by atoms with E-state index < -0.39 is 10.0 Å². The van der Waals surface area contributed by atoms with Crippen molar-refractivity contribution in [2.24, 2.45) is 0 Å². The molecule has 1 aliphatic heterocycles. The van der Waals surface area contributed by atoms with Crippen LogP contribution in [0.4, 0.5) is 0 Å². The Labute approximate surface area is 158 Å². The second-order valence-corrected chi connectivity index (χ2v) is 8.15. The number of sulfonamides is 1. The standard InChI is InChI=1S/C18H23N3O5S/c1-25-16-6-4-3-5-14(16)15-12-19-9-10-21(15)18(22)17-8-7-13(26-17)11-20-27(2,23)24/h3-8,15,19-20H,9-12H2,1-2H3. The minimum absolute atomic E-state index is 0.00358. The Kier molecular flexibility index (Phi) is 5.83. The van der Waals surface area contributed by atoms with E-state index in [9.17, 15) is 13.2 Å². The fraction of sp³-hybridized carbons (Fsp3) is 0.389. The molecular formula is C18H23N3O5S. The van der Waals surface area contributed by atoms with Gasteiger partial charge >= 0.3 is 0 Å². The molecule has 0 spiro atoms. The van der Waals surface area contributed by atoms with E-state index in [1.54, 1.807) is 24.1 Å². The lowest BCUT2D eigenvalue weighted by molar-refractivity contribution is 0.0597. The van der Waals surface area contributed by atoms with Crippen LogP contribution in [0.25, 0.3) is 0 Å². The predicted octanol–water partition coefficient (Wildman–Crippen LogP) is 1.12. The number of benzene rings is 1. The van der Waals surface area contributed by atoms with E-state index in [2.05, 4.69) is 10.0 Å². The van der Waals surface area contributed by atoms with Crippen molar-refractivity contribution in [3.63, 3.8) is 0 Å². The fourth-order valence-electron chi connectivity index (χ4n) is 3.10. The van der Waals surface area contributed by atoms with Gasteiger partial charge in [0.05, 0.1) is 26.0 Å². The Morgan fingerprint density at radius 3 is 2.85 bits per heavy atom. The van der Waals surface area contributed by atoms with E-state index in [-0.39, 0.29) is 24.3 Å². The van der Waals surface area contributed by atoms with Gasteiger partial charge in [0, 0.05) is 25.2 Å². The molecule has 1 atom stereocenters. The van der Waals surface area contributed by atoms with Crippen molar-refractivity contribution in [1.82, 2.24) is 14.9 Å². The van der Waals surface area contributed by atoms with Crippen LogP contribution in [0.1, 0.15) is 27.9 Å². The number of hydrogen-bond donors (Lipinski definition) is 2. The number of nitrogens with one attached hydrogen (secondary N) is 2. The van der Waals surface area contributed by atoms with Crippen molar-refractivity contribution in [3.05, 3.63) is 53.5 Å². The first kappa shape index (κ1) is 19.4. The first-order valence-corrected chi connectivity index (χ1v) is 10.5. The number of furan rings is 1. The van der Waals surface area contributed by atoms with E-state index in [4.69, 9.17) is 9.15 Å². The lowest BCUT2D eigenvalue weighted by Gasteiger charge is -2.36. The molecule has 0 radical (unpaired) electrons. The lowest BCUT2D eigenvalue weighted by Crippen LogP contribution is -2.48. The molecule has 0 saturated carbocycles. The molecule has 2 aromatic rings. The Morgan fingerprint density at radius 1 is 1.33 bits per heavy atom. The number of ether oxygens (including phenoxy) is 1. The molecule has 2 N–H and O–H groups in total. The van der Waals surface area contributed by atoms with Crippen molar-refractivity contribution >= 4 is 15.9 Å². The monoisotopic (exact) mass is 393 g/mol. The normalized spacial score (nSPS) is 17.7. The maximum Gasteiger partial charge on any atom is 0.290 e. The number of para-hydroxylation sites is 1. The maximum atomic E-state index is 13.0. The van der Waals surface area contributed by atoms with Crippen molar-refractivity contribution in [3.8, 4) is 5.75 Å². The molecule has 27 heavy (non-hydrogen) atoms. The van der Waals surface area contributed by atoms with E-state index in [1.165, 1.54) is 0 Å². The lowest BCUT2D eigenvalue weighted by atomic mass is 10.0. The van der Waals surface area contributed by atoms with Gasteiger partial charge in [-0.1, -0.05) is 18.2 Å². The van der Waals surface area contributed by atoms with E-state index in [0.717, 1.165) is 17.6 Å². The second kappa shape index (κ2) is 8.12. The van der Waals surface area contributed by atoms with Crippen LogP contribution in [-0.2, 0) is 16.6 Å². The highest BCUT2D eigenvalue weighted by Crippen LogP contribution is 2.31. The summed E-state index contributed by atoms with van der Waals surface area (Å²) in [5, 5.41) is 3.31. The third-order valence-electron chi connectivity index (χ3n) is 4.38. The predicted molar refractivity (Wildman–Crippen MR) is 100 cm³/mol. The van der Waals surface area contributed by atoms with Crippen LogP contribution in [0.2, 0.25) is 0 Å². The molecule has 3 rings (SSSR count). The number of rotatable bonds is 6. The highest BCUT2D eigenvalue weighted by atomic mass is 32.2. The molecule has 8 nitrogen and oxygen atoms in total. The van der Waals surface area contributed by atoms with Gasteiger partial charge in [-0.3, -0.25) is 4.79 Å². The summed E-state index contributed by atoms with van der Waals surface area (Å²) in [6, 6.07) is 10.6. The topological polar surface area (TPSA) is 101 Å². The molecule has 1 fully saturated rings. The molecule has 1 unspecified atom stereocenters. The number of methoxy groups -OCH3 is 1. The minimum atomic E-state index is -3.33. The highest BCUT2D eigenvalue weighted by Gasteiger charge is 2.31. The molecule has 146 valence electrons. The summed E-state index contributed by atoms with van der Waals surface area (Å²) in [5.74, 6) is 1.05. The van der Waals surface area contributed by atoms with E-state index in [1.807, 2.05) is 24.3 Å². The number of carbonyl (C=O) groups is 1. The summed E-state index contributed by atoms with van der Waals surface area (Å²) >= 11 is 0. The van der Waals surface area contributed by atoms with Crippen molar-refractivity contribution < 1.29 is 22.4 Å². The van der Waals surface area contributed by atoms with Crippen LogP contribution >= 0.6 is 0 Å². The van der Waals surface area contributed by atoms with Crippen molar-refractivity contribution in [2.75, 3.05) is 33.0 Å². The zero-order chi connectivity index (χ0) is 19.4.